The molecule has 0 aliphatic rings. The molecule has 21 heavy (non-hydrogen) atoms. The minimum atomic E-state index is -0.268. The van der Waals surface area contributed by atoms with E-state index < -0.39 is 0 Å². The van der Waals surface area contributed by atoms with E-state index >= 15 is 0 Å². The number of H-pyrrole nitrogens is 1. The second-order valence-corrected chi connectivity index (χ2v) is 5.23. The number of nitrogens with zero attached hydrogens (tertiary/aromatic N) is 5. The highest BCUT2D eigenvalue weighted by Gasteiger charge is 2.10. The van der Waals surface area contributed by atoms with Gasteiger partial charge in [-0.1, -0.05) is 42.1 Å². The topological polar surface area (TPSA) is 89.3 Å². The molecule has 0 saturated carbocycles. The fraction of sp³-hybridized carbons (Fsp3) is 0.154. The van der Waals surface area contributed by atoms with E-state index in [2.05, 4.69) is 25.3 Å². The van der Waals surface area contributed by atoms with E-state index in [-0.39, 0.29) is 5.56 Å². The molecule has 0 aliphatic carbocycles. The van der Waals surface area contributed by atoms with Crippen molar-refractivity contribution < 1.29 is 0 Å². The van der Waals surface area contributed by atoms with Gasteiger partial charge in [-0.15, -0.1) is 5.10 Å². The number of hydrogen-bond acceptors (Lipinski definition) is 6. The molecule has 0 aliphatic heterocycles. The molecule has 8 heteroatoms. The van der Waals surface area contributed by atoms with Crippen LogP contribution in [0.2, 0.25) is 0 Å². The predicted octanol–water partition coefficient (Wildman–Crippen LogP) is 1.25. The van der Waals surface area contributed by atoms with E-state index in [1.165, 1.54) is 11.8 Å². The quantitative estimate of drug-likeness (QED) is 0.729. The third-order valence-corrected chi connectivity index (χ3v) is 3.64. The number of nitrogens with one attached hydrogen (secondary N) is 1. The monoisotopic (exact) mass is 300 g/mol. The van der Waals surface area contributed by atoms with Crippen molar-refractivity contribution in [2.24, 2.45) is 7.05 Å². The number of aromatic amines is 1. The highest BCUT2D eigenvalue weighted by molar-refractivity contribution is 7.98. The minimum absolute atomic E-state index is 0.268. The second kappa shape index (κ2) is 5.88. The first-order chi connectivity index (χ1) is 10.2. The van der Waals surface area contributed by atoms with Crippen LogP contribution in [0.25, 0.3) is 11.4 Å². The zero-order valence-corrected chi connectivity index (χ0v) is 12.0. The summed E-state index contributed by atoms with van der Waals surface area (Å²) in [5.41, 5.74) is 0.702. The van der Waals surface area contributed by atoms with Crippen molar-refractivity contribution in [1.82, 2.24) is 29.9 Å². The van der Waals surface area contributed by atoms with Crippen molar-refractivity contribution in [1.29, 1.82) is 0 Å². The number of hydrogen-bond donors (Lipinski definition) is 1. The van der Waals surface area contributed by atoms with Gasteiger partial charge in [0.1, 0.15) is 12.0 Å². The summed E-state index contributed by atoms with van der Waals surface area (Å²) in [6, 6.07) is 9.78. The summed E-state index contributed by atoms with van der Waals surface area (Å²) in [6.07, 6.45) is 1.14. The van der Waals surface area contributed by atoms with Crippen LogP contribution in [0.3, 0.4) is 0 Å². The molecule has 0 spiro atoms. The fourth-order valence-electron chi connectivity index (χ4n) is 1.75. The van der Waals surface area contributed by atoms with E-state index in [0.717, 1.165) is 17.6 Å². The van der Waals surface area contributed by atoms with Crippen LogP contribution in [0.4, 0.5) is 0 Å². The minimum Gasteiger partial charge on any atom is -0.299 e. The van der Waals surface area contributed by atoms with Gasteiger partial charge < -0.3 is 0 Å². The Morgan fingerprint density at radius 2 is 2.10 bits per heavy atom. The van der Waals surface area contributed by atoms with Crippen molar-refractivity contribution >= 4 is 11.8 Å². The molecule has 0 unspecified atom stereocenters. The third kappa shape index (κ3) is 3.16. The number of rotatable bonds is 4. The van der Waals surface area contributed by atoms with Gasteiger partial charge in [-0.25, -0.2) is 4.98 Å². The Morgan fingerprint density at radius 1 is 1.29 bits per heavy atom. The summed E-state index contributed by atoms with van der Waals surface area (Å²) < 4.78 is 1.73. The molecule has 106 valence electrons. The Balaban J connectivity index is 1.78. The van der Waals surface area contributed by atoms with Gasteiger partial charge in [-0.05, 0) is 0 Å². The zero-order chi connectivity index (χ0) is 14.7. The van der Waals surface area contributed by atoms with Gasteiger partial charge in [0.2, 0.25) is 0 Å². The van der Waals surface area contributed by atoms with Crippen molar-refractivity contribution in [2.45, 2.75) is 10.9 Å². The van der Waals surface area contributed by atoms with Crippen molar-refractivity contribution in [3.63, 3.8) is 0 Å². The van der Waals surface area contributed by atoms with Crippen molar-refractivity contribution in [3.8, 4) is 11.4 Å². The lowest BCUT2D eigenvalue weighted by atomic mass is 10.2. The maximum atomic E-state index is 11.2. The standard InChI is InChI=1S/C13H12N6OS/c1-19-10(8-21-13-16-11(20)7-14-17-13)15-12(18-19)9-5-3-2-4-6-9/h2-7H,8H2,1H3,(H,16,17,20). The van der Waals surface area contributed by atoms with Gasteiger partial charge in [-0.3, -0.25) is 14.5 Å². The lowest BCUT2D eigenvalue weighted by Crippen LogP contribution is -2.08. The van der Waals surface area contributed by atoms with Crippen LogP contribution >= 0.6 is 11.8 Å². The Kier molecular flexibility index (Phi) is 3.78. The zero-order valence-electron chi connectivity index (χ0n) is 11.2. The van der Waals surface area contributed by atoms with Crippen molar-refractivity contribution in [2.75, 3.05) is 0 Å². The van der Waals surface area contributed by atoms with Gasteiger partial charge in [0.05, 0.1) is 5.75 Å². The maximum Gasteiger partial charge on any atom is 0.270 e. The van der Waals surface area contributed by atoms with E-state index in [1.54, 1.807) is 4.68 Å². The first kappa shape index (κ1) is 13.5. The second-order valence-electron chi connectivity index (χ2n) is 4.27. The molecule has 0 bridgehead atoms. The highest BCUT2D eigenvalue weighted by Crippen LogP contribution is 2.19. The van der Waals surface area contributed by atoms with Crippen LogP contribution in [0, 0.1) is 0 Å². The maximum absolute atomic E-state index is 11.2. The van der Waals surface area contributed by atoms with E-state index in [0.29, 0.717) is 16.7 Å². The van der Waals surface area contributed by atoms with Crippen LogP contribution in [0.1, 0.15) is 5.82 Å². The van der Waals surface area contributed by atoms with E-state index in [9.17, 15) is 4.79 Å². The first-order valence-corrected chi connectivity index (χ1v) is 7.21. The van der Waals surface area contributed by atoms with Crippen LogP contribution in [0.15, 0.2) is 46.5 Å². The average molecular weight is 300 g/mol. The first-order valence-electron chi connectivity index (χ1n) is 6.22. The largest absolute Gasteiger partial charge is 0.299 e. The van der Waals surface area contributed by atoms with E-state index in [1.807, 2.05) is 37.4 Å². The summed E-state index contributed by atoms with van der Waals surface area (Å²) >= 11 is 1.36. The molecule has 2 heterocycles. The number of benzene rings is 1. The average Bonchev–Trinajstić information content (AvgIpc) is 2.87. The molecular weight excluding hydrogens is 288 g/mol. The summed E-state index contributed by atoms with van der Waals surface area (Å²) in [5.74, 6) is 2.03. The Bertz CT molecular complexity index is 798. The summed E-state index contributed by atoms with van der Waals surface area (Å²) in [5, 5.41) is 12.3. The van der Waals surface area contributed by atoms with Crippen molar-refractivity contribution in [3.05, 3.63) is 52.7 Å². The molecule has 0 radical (unpaired) electrons. The SMILES string of the molecule is Cn1nc(-c2ccccc2)nc1CSc1nncc(=O)[nH]1. The predicted molar refractivity (Wildman–Crippen MR) is 78.7 cm³/mol. The van der Waals surface area contributed by atoms with Crippen LogP contribution in [0.5, 0.6) is 0 Å². The van der Waals surface area contributed by atoms with E-state index in [4.69, 9.17) is 0 Å². The Morgan fingerprint density at radius 3 is 2.86 bits per heavy atom. The normalized spacial score (nSPS) is 10.7. The fourth-order valence-corrected chi connectivity index (χ4v) is 2.54. The Hall–Kier alpha value is -2.48. The molecule has 7 nitrogen and oxygen atoms in total. The van der Waals surface area contributed by atoms with Crippen LogP contribution in [-0.4, -0.2) is 29.9 Å². The molecule has 3 aromatic rings. The van der Waals surface area contributed by atoms with Crippen LogP contribution in [-0.2, 0) is 12.8 Å². The lowest BCUT2D eigenvalue weighted by Gasteiger charge is -1.98. The van der Waals surface area contributed by atoms with Gasteiger partial charge in [0.15, 0.2) is 11.0 Å². The smallest absolute Gasteiger partial charge is 0.270 e. The van der Waals surface area contributed by atoms with Gasteiger partial charge >= 0.3 is 0 Å². The summed E-state index contributed by atoms with van der Waals surface area (Å²) in [7, 11) is 1.84. The molecular formula is C13H12N6OS. The molecule has 1 N–H and O–H groups in total. The molecule has 1 aromatic carbocycles. The number of aryl methyl sites for hydroxylation is 1. The molecule has 0 saturated heterocycles. The Labute approximate surface area is 124 Å². The molecule has 2 aromatic heterocycles. The molecule has 3 rings (SSSR count). The van der Waals surface area contributed by atoms with Gasteiger partial charge in [-0.2, -0.15) is 10.2 Å². The van der Waals surface area contributed by atoms with Gasteiger partial charge in [0, 0.05) is 12.6 Å². The number of thioether (sulfide) groups is 1. The third-order valence-electron chi connectivity index (χ3n) is 2.78. The molecule has 0 amide bonds. The molecule has 0 atom stereocenters. The van der Waals surface area contributed by atoms with Gasteiger partial charge in [0.25, 0.3) is 5.56 Å². The lowest BCUT2D eigenvalue weighted by molar-refractivity contribution is 0.730. The summed E-state index contributed by atoms with van der Waals surface area (Å²) in [4.78, 5) is 18.3. The van der Waals surface area contributed by atoms with Crippen LogP contribution < -0.4 is 5.56 Å². The highest BCUT2D eigenvalue weighted by atomic mass is 32.2. The number of aromatic nitrogens is 6. The molecule has 0 fully saturated rings. The summed E-state index contributed by atoms with van der Waals surface area (Å²) in [6.45, 7) is 0.